The monoisotopic (exact) mass is 396 g/mol. The zero-order chi connectivity index (χ0) is 20.8. The van der Waals surface area contributed by atoms with E-state index in [1.165, 1.54) is 36.4 Å². The summed E-state index contributed by atoms with van der Waals surface area (Å²) in [5.74, 6) is 0.392. The van der Waals surface area contributed by atoms with E-state index in [2.05, 4.69) is 0 Å². The fourth-order valence-corrected chi connectivity index (χ4v) is 2.56. The van der Waals surface area contributed by atoms with Crippen LogP contribution in [0.3, 0.4) is 0 Å². The van der Waals surface area contributed by atoms with Crippen LogP contribution in [0.4, 0.5) is 11.4 Å². The number of nitro groups is 2. The predicted molar refractivity (Wildman–Crippen MR) is 103 cm³/mol. The molecule has 0 aromatic heterocycles. The number of non-ortho nitro benzene ring substituents is 2. The average Bonchev–Trinajstić information content (AvgIpc) is 2.72. The highest BCUT2D eigenvalue weighted by Gasteiger charge is 2.10. The van der Waals surface area contributed by atoms with Gasteiger partial charge in [-0.25, -0.2) is 0 Å². The van der Waals surface area contributed by atoms with Crippen LogP contribution in [-0.4, -0.2) is 15.0 Å². The van der Waals surface area contributed by atoms with Crippen molar-refractivity contribution in [2.24, 2.45) is 0 Å². The summed E-state index contributed by atoms with van der Waals surface area (Å²) in [4.78, 5) is 20.6. The molecular formula is C20H16N2O7. The molecule has 0 aliphatic rings. The van der Waals surface area contributed by atoms with E-state index >= 15 is 0 Å². The van der Waals surface area contributed by atoms with Gasteiger partial charge in [0.25, 0.3) is 11.4 Å². The molecular weight excluding hydrogens is 380 g/mol. The molecule has 3 rings (SSSR count). The summed E-state index contributed by atoms with van der Waals surface area (Å²) < 4.78 is 11.1. The van der Waals surface area contributed by atoms with Gasteiger partial charge in [-0.05, 0) is 23.3 Å². The number of phenols is 1. The highest BCUT2D eigenvalue weighted by molar-refractivity contribution is 5.45. The van der Waals surface area contributed by atoms with E-state index in [0.717, 1.165) is 0 Å². The van der Waals surface area contributed by atoms with Crippen LogP contribution in [0.1, 0.15) is 11.1 Å². The molecule has 9 heteroatoms. The molecule has 0 aliphatic heterocycles. The molecule has 0 atom stereocenters. The van der Waals surface area contributed by atoms with Gasteiger partial charge in [-0.1, -0.05) is 24.3 Å². The maximum absolute atomic E-state index is 10.8. The Balaban J connectivity index is 1.61. The van der Waals surface area contributed by atoms with Crippen molar-refractivity contribution in [2.75, 3.05) is 0 Å². The zero-order valence-corrected chi connectivity index (χ0v) is 15.1. The molecule has 0 bridgehead atoms. The predicted octanol–water partition coefficient (Wildman–Crippen LogP) is 4.37. The largest absolute Gasteiger partial charge is 0.504 e. The SMILES string of the molecule is O=[N+]([O-])c1cccc(COc2ccc(OCc3cccc([N+](=O)[O-])c3)c(O)c2)c1. The molecule has 3 aromatic carbocycles. The first-order chi connectivity index (χ1) is 13.9. The minimum Gasteiger partial charge on any atom is -0.504 e. The van der Waals surface area contributed by atoms with Gasteiger partial charge in [-0.15, -0.1) is 0 Å². The Labute approximate surface area is 165 Å². The normalized spacial score (nSPS) is 10.3. The van der Waals surface area contributed by atoms with E-state index in [9.17, 15) is 25.3 Å². The molecule has 0 saturated carbocycles. The molecule has 3 aromatic rings. The number of hydrogen-bond donors (Lipinski definition) is 1. The summed E-state index contributed by atoms with van der Waals surface area (Å²) in [6.07, 6.45) is 0. The topological polar surface area (TPSA) is 125 Å². The van der Waals surface area contributed by atoms with Crippen LogP contribution >= 0.6 is 0 Å². The van der Waals surface area contributed by atoms with Crippen molar-refractivity contribution in [1.29, 1.82) is 0 Å². The quantitative estimate of drug-likeness (QED) is 0.443. The maximum Gasteiger partial charge on any atom is 0.269 e. The zero-order valence-electron chi connectivity index (χ0n) is 15.1. The second kappa shape index (κ2) is 8.70. The van der Waals surface area contributed by atoms with Crippen molar-refractivity contribution >= 4 is 11.4 Å². The number of benzene rings is 3. The number of nitrogens with zero attached hydrogens (tertiary/aromatic N) is 2. The van der Waals surface area contributed by atoms with E-state index in [-0.39, 0.29) is 36.1 Å². The van der Waals surface area contributed by atoms with E-state index in [4.69, 9.17) is 9.47 Å². The second-order valence-corrected chi connectivity index (χ2v) is 6.06. The van der Waals surface area contributed by atoms with Gasteiger partial charge in [-0.3, -0.25) is 20.2 Å². The number of aromatic hydroxyl groups is 1. The second-order valence-electron chi connectivity index (χ2n) is 6.06. The lowest BCUT2D eigenvalue weighted by Crippen LogP contribution is -1.99. The van der Waals surface area contributed by atoms with Gasteiger partial charge in [0.05, 0.1) is 9.85 Å². The van der Waals surface area contributed by atoms with Crippen LogP contribution in [0, 0.1) is 20.2 Å². The van der Waals surface area contributed by atoms with Gasteiger partial charge in [0.15, 0.2) is 11.5 Å². The fourth-order valence-electron chi connectivity index (χ4n) is 2.56. The molecule has 1 N–H and O–H groups in total. The Morgan fingerprint density at radius 3 is 1.83 bits per heavy atom. The Morgan fingerprint density at radius 2 is 1.31 bits per heavy atom. The number of nitro benzene ring substituents is 2. The molecule has 0 fully saturated rings. The summed E-state index contributed by atoms with van der Waals surface area (Å²) >= 11 is 0. The van der Waals surface area contributed by atoms with Crippen molar-refractivity contribution in [3.8, 4) is 17.2 Å². The first kappa shape index (κ1) is 19.6. The van der Waals surface area contributed by atoms with Crippen LogP contribution < -0.4 is 9.47 Å². The lowest BCUT2D eigenvalue weighted by Gasteiger charge is -2.11. The summed E-state index contributed by atoms with van der Waals surface area (Å²) in [7, 11) is 0. The summed E-state index contributed by atoms with van der Waals surface area (Å²) in [6, 6.07) is 16.5. The van der Waals surface area contributed by atoms with Gasteiger partial charge < -0.3 is 14.6 Å². The van der Waals surface area contributed by atoms with Gasteiger partial charge in [-0.2, -0.15) is 0 Å². The van der Waals surface area contributed by atoms with E-state index in [0.29, 0.717) is 16.9 Å². The van der Waals surface area contributed by atoms with Crippen LogP contribution in [0.15, 0.2) is 66.7 Å². The Morgan fingerprint density at radius 1 is 0.759 bits per heavy atom. The standard InChI is InChI=1S/C20H16N2O7/c23-19-11-18(28-12-14-3-1-5-16(9-14)21(24)25)7-8-20(19)29-13-15-4-2-6-17(10-15)22(26)27/h1-11,23H,12-13H2. The van der Waals surface area contributed by atoms with Gasteiger partial charge >= 0.3 is 0 Å². The van der Waals surface area contributed by atoms with Gasteiger partial charge in [0, 0.05) is 30.3 Å². The third-order valence-corrected chi connectivity index (χ3v) is 3.97. The lowest BCUT2D eigenvalue weighted by atomic mass is 10.2. The van der Waals surface area contributed by atoms with E-state index in [1.807, 2.05) is 0 Å². The third-order valence-electron chi connectivity index (χ3n) is 3.97. The Hall–Kier alpha value is -4.14. The number of hydrogen-bond acceptors (Lipinski definition) is 7. The number of phenolic OH excluding ortho intramolecular Hbond substituents is 1. The molecule has 9 nitrogen and oxygen atoms in total. The minimum atomic E-state index is -0.492. The molecule has 148 valence electrons. The molecule has 0 radical (unpaired) electrons. The lowest BCUT2D eigenvalue weighted by molar-refractivity contribution is -0.385. The molecule has 0 spiro atoms. The highest BCUT2D eigenvalue weighted by atomic mass is 16.6. The van der Waals surface area contributed by atoms with E-state index in [1.54, 1.807) is 30.3 Å². The first-order valence-corrected chi connectivity index (χ1v) is 8.47. The molecule has 0 unspecified atom stereocenters. The molecule has 29 heavy (non-hydrogen) atoms. The van der Waals surface area contributed by atoms with Crippen LogP contribution in [0.25, 0.3) is 0 Å². The van der Waals surface area contributed by atoms with E-state index < -0.39 is 9.85 Å². The molecule has 0 amide bonds. The minimum absolute atomic E-state index is 0.0288. The molecule has 0 saturated heterocycles. The Bertz CT molecular complexity index is 1050. The number of ether oxygens (including phenoxy) is 2. The van der Waals surface area contributed by atoms with Crippen LogP contribution in [-0.2, 0) is 13.2 Å². The smallest absolute Gasteiger partial charge is 0.269 e. The maximum atomic E-state index is 10.8. The van der Waals surface area contributed by atoms with Crippen molar-refractivity contribution in [3.63, 3.8) is 0 Å². The van der Waals surface area contributed by atoms with Gasteiger partial charge in [0.1, 0.15) is 19.0 Å². The van der Waals surface area contributed by atoms with Crippen molar-refractivity contribution < 1.29 is 24.4 Å². The number of rotatable bonds is 8. The van der Waals surface area contributed by atoms with Crippen LogP contribution in [0.2, 0.25) is 0 Å². The summed E-state index contributed by atoms with van der Waals surface area (Å²) in [6.45, 7) is 0.137. The summed E-state index contributed by atoms with van der Waals surface area (Å²) in [5, 5.41) is 31.7. The highest BCUT2D eigenvalue weighted by Crippen LogP contribution is 2.31. The molecule has 0 aliphatic carbocycles. The van der Waals surface area contributed by atoms with Crippen molar-refractivity contribution in [2.45, 2.75) is 13.2 Å². The molecule has 0 heterocycles. The van der Waals surface area contributed by atoms with Crippen molar-refractivity contribution in [1.82, 2.24) is 0 Å². The average molecular weight is 396 g/mol. The Kier molecular flexibility index (Phi) is 5.88. The van der Waals surface area contributed by atoms with Crippen LogP contribution in [0.5, 0.6) is 17.2 Å². The fraction of sp³-hybridized carbons (Fsp3) is 0.100. The van der Waals surface area contributed by atoms with Crippen molar-refractivity contribution in [3.05, 3.63) is 98.1 Å². The first-order valence-electron chi connectivity index (χ1n) is 8.47. The summed E-state index contributed by atoms with van der Waals surface area (Å²) in [5.41, 5.74) is 1.13. The van der Waals surface area contributed by atoms with Gasteiger partial charge in [0.2, 0.25) is 0 Å². The third kappa shape index (κ3) is 5.19.